The maximum atomic E-state index is 6.08. The van der Waals surface area contributed by atoms with Gasteiger partial charge in [-0.2, -0.15) is 0 Å². The molecule has 0 aliphatic carbocycles. The molecule has 7 heteroatoms. The zero-order valence-electron chi connectivity index (χ0n) is 16.5. The Bertz CT molecular complexity index is 728. The molecule has 1 heterocycles. The molecule has 2 rings (SSSR count). The number of guanidine groups is 1. The van der Waals surface area contributed by atoms with Crippen LogP contribution in [0.15, 0.2) is 41.5 Å². The fourth-order valence-electron chi connectivity index (χ4n) is 2.61. The number of hydrogen-bond donors (Lipinski definition) is 1. The molecule has 27 heavy (non-hydrogen) atoms. The Labute approximate surface area is 166 Å². The molecule has 0 aliphatic heterocycles. The molecule has 0 saturated heterocycles. The number of nitrogens with zero attached hydrogens (tertiary/aromatic N) is 3. The summed E-state index contributed by atoms with van der Waals surface area (Å²) in [5.74, 6) is 1.69. The minimum atomic E-state index is 0.548. The second-order valence-electron chi connectivity index (χ2n) is 6.27. The molecular formula is C20H29ClN4O2. The largest absolute Gasteiger partial charge is 0.491 e. The van der Waals surface area contributed by atoms with E-state index in [1.165, 1.54) is 0 Å². The Morgan fingerprint density at radius 3 is 2.59 bits per heavy atom. The monoisotopic (exact) mass is 392 g/mol. The van der Waals surface area contributed by atoms with Crippen molar-refractivity contribution in [2.24, 2.45) is 12.0 Å². The third-order valence-corrected chi connectivity index (χ3v) is 4.27. The zero-order chi connectivity index (χ0) is 19.6. The first-order valence-electron chi connectivity index (χ1n) is 9.04. The van der Waals surface area contributed by atoms with Crippen molar-refractivity contribution in [3.05, 3.63) is 52.8 Å². The molecule has 0 fully saturated rings. The van der Waals surface area contributed by atoms with E-state index in [0.29, 0.717) is 19.8 Å². The predicted octanol–water partition coefficient (Wildman–Crippen LogP) is 3.30. The Hall–Kier alpha value is -2.18. The van der Waals surface area contributed by atoms with Gasteiger partial charge in [0.1, 0.15) is 12.4 Å². The molecule has 0 saturated carbocycles. The van der Waals surface area contributed by atoms with Crippen LogP contribution >= 0.6 is 11.6 Å². The van der Waals surface area contributed by atoms with Crippen LogP contribution in [0.3, 0.4) is 0 Å². The van der Waals surface area contributed by atoms with Gasteiger partial charge in [-0.05, 0) is 30.7 Å². The summed E-state index contributed by atoms with van der Waals surface area (Å²) in [4.78, 5) is 6.84. The van der Waals surface area contributed by atoms with Gasteiger partial charge < -0.3 is 24.3 Å². The van der Waals surface area contributed by atoms with Gasteiger partial charge in [-0.3, -0.25) is 0 Å². The highest BCUT2D eigenvalue weighted by Crippen LogP contribution is 2.15. The number of methoxy groups -OCH3 is 1. The Balaban J connectivity index is 1.98. The molecule has 0 aliphatic rings. The Morgan fingerprint density at radius 1 is 1.26 bits per heavy atom. The van der Waals surface area contributed by atoms with Crippen molar-refractivity contribution in [2.45, 2.75) is 20.0 Å². The number of aliphatic imine (C=N–C) groups is 1. The normalized spacial score (nSPS) is 11.5. The molecule has 1 aromatic heterocycles. The number of rotatable bonds is 9. The number of hydrogen-bond acceptors (Lipinski definition) is 3. The van der Waals surface area contributed by atoms with Gasteiger partial charge in [-0.15, -0.1) is 0 Å². The van der Waals surface area contributed by atoms with E-state index in [9.17, 15) is 0 Å². The molecule has 1 aromatic carbocycles. The lowest BCUT2D eigenvalue weighted by Gasteiger charge is -2.22. The summed E-state index contributed by atoms with van der Waals surface area (Å²) in [6.07, 6.45) is 1.91. The Kier molecular flexibility index (Phi) is 8.48. The SMILES string of the molecule is CCNC(=NCc1ccc(OCCOC)cc1)N(C)Cc1cc(Cl)cn1C. The highest BCUT2D eigenvalue weighted by atomic mass is 35.5. The van der Waals surface area contributed by atoms with Crippen LogP contribution in [0.1, 0.15) is 18.2 Å². The van der Waals surface area contributed by atoms with Gasteiger partial charge in [-0.25, -0.2) is 4.99 Å². The maximum Gasteiger partial charge on any atom is 0.194 e. The second kappa shape index (κ2) is 10.8. The van der Waals surface area contributed by atoms with Crippen molar-refractivity contribution >= 4 is 17.6 Å². The lowest BCUT2D eigenvalue weighted by atomic mass is 10.2. The van der Waals surface area contributed by atoms with Gasteiger partial charge in [0.2, 0.25) is 0 Å². The van der Waals surface area contributed by atoms with E-state index >= 15 is 0 Å². The third kappa shape index (κ3) is 6.81. The zero-order valence-corrected chi connectivity index (χ0v) is 17.3. The van der Waals surface area contributed by atoms with Crippen molar-refractivity contribution in [2.75, 3.05) is 33.9 Å². The number of nitrogens with one attached hydrogen (secondary N) is 1. The van der Waals surface area contributed by atoms with E-state index in [0.717, 1.165) is 41.1 Å². The summed E-state index contributed by atoms with van der Waals surface area (Å²) in [6, 6.07) is 9.97. The van der Waals surface area contributed by atoms with Gasteiger partial charge in [0.15, 0.2) is 5.96 Å². The van der Waals surface area contributed by atoms with Crippen LogP contribution in [-0.2, 0) is 24.9 Å². The van der Waals surface area contributed by atoms with Gasteiger partial charge >= 0.3 is 0 Å². The van der Waals surface area contributed by atoms with E-state index in [1.807, 2.05) is 55.2 Å². The van der Waals surface area contributed by atoms with Crippen molar-refractivity contribution in [3.63, 3.8) is 0 Å². The lowest BCUT2D eigenvalue weighted by molar-refractivity contribution is 0.146. The van der Waals surface area contributed by atoms with Crippen LogP contribution in [0, 0.1) is 0 Å². The van der Waals surface area contributed by atoms with Crippen LogP contribution < -0.4 is 10.1 Å². The van der Waals surface area contributed by atoms with E-state index in [4.69, 9.17) is 26.1 Å². The van der Waals surface area contributed by atoms with Crippen LogP contribution in [0.25, 0.3) is 0 Å². The van der Waals surface area contributed by atoms with E-state index in [2.05, 4.69) is 17.1 Å². The summed E-state index contributed by atoms with van der Waals surface area (Å²) >= 11 is 6.08. The van der Waals surface area contributed by atoms with Crippen molar-refractivity contribution in [1.29, 1.82) is 0 Å². The number of ether oxygens (including phenoxy) is 2. The fourth-order valence-corrected chi connectivity index (χ4v) is 2.88. The fraction of sp³-hybridized carbons (Fsp3) is 0.450. The number of aryl methyl sites for hydroxylation is 1. The third-order valence-electron chi connectivity index (χ3n) is 4.06. The maximum absolute atomic E-state index is 6.08. The van der Waals surface area contributed by atoms with Crippen LogP contribution in [0.2, 0.25) is 5.02 Å². The van der Waals surface area contributed by atoms with Crippen molar-refractivity contribution in [1.82, 2.24) is 14.8 Å². The second-order valence-corrected chi connectivity index (χ2v) is 6.71. The average Bonchev–Trinajstić information content (AvgIpc) is 2.97. The molecule has 0 spiro atoms. The Morgan fingerprint density at radius 2 is 2.00 bits per heavy atom. The minimum absolute atomic E-state index is 0.548. The molecule has 0 radical (unpaired) electrons. The molecule has 6 nitrogen and oxygen atoms in total. The van der Waals surface area contributed by atoms with Crippen molar-refractivity contribution in [3.8, 4) is 5.75 Å². The number of halogens is 1. The van der Waals surface area contributed by atoms with Crippen LogP contribution in [0.5, 0.6) is 5.75 Å². The molecule has 0 amide bonds. The summed E-state index contributed by atoms with van der Waals surface area (Å²) in [5, 5.41) is 4.09. The predicted molar refractivity (Wildman–Crippen MR) is 111 cm³/mol. The molecule has 2 aromatic rings. The summed E-state index contributed by atoms with van der Waals surface area (Å²) < 4.78 is 12.6. The van der Waals surface area contributed by atoms with Crippen molar-refractivity contribution < 1.29 is 9.47 Å². The molecule has 0 unspecified atom stereocenters. The van der Waals surface area contributed by atoms with Gasteiger partial charge in [-0.1, -0.05) is 23.7 Å². The lowest BCUT2D eigenvalue weighted by Crippen LogP contribution is -2.38. The molecule has 0 atom stereocenters. The van der Waals surface area contributed by atoms with Gasteiger partial charge in [0.25, 0.3) is 0 Å². The molecule has 148 valence electrons. The van der Waals surface area contributed by atoms with Crippen LogP contribution in [-0.4, -0.2) is 49.3 Å². The highest BCUT2D eigenvalue weighted by molar-refractivity contribution is 6.30. The van der Waals surface area contributed by atoms with Gasteiger partial charge in [0, 0.05) is 39.6 Å². The topological polar surface area (TPSA) is 51.0 Å². The summed E-state index contributed by atoms with van der Waals surface area (Å²) in [7, 11) is 5.68. The molecule has 1 N–H and O–H groups in total. The molecule has 0 bridgehead atoms. The van der Waals surface area contributed by atoms with E-state index in [1.54, 1.807) is 7.11 Å². The highest BCUT2D eigenvalue weighted by Gasteiger charge is 2.09. The van der Waals surface area contributed by atoms with E-state index in [-0.39, 0.29) is 0 Å². The average molecular weight is 393 g/mol. The van der Waals surface area contributed by atoms with Crippen LogP contribution in [0.4, 0.5) is 0 Å². The first-order chi connectivity index (χ1) is 13.0. The smallest absolute Gasteiger partial charge is 0.194 e. The molecular weight excluding hydrogens is 364 g/mol. The number of aromatic nitrogens is 1. The first kappa shape index (κ1) is 21.1. The minimum Gasteiger partial charge on any atom is -0.491 e. The van der Waals surface area contributed by atoms with Gasteiger partial charge in [0.05, 0.1) is 24.7 Å². The number of benzene rings is 1. The van der Waals surface area contributed by atoms with E-state index < -0.39 is 0 Å². The summed E-state index contributed by atoms with van der Waals surface area (Å²) in [5.41, 5.74) is 2.26. The first-order valence-corrected chi connectivity index (χ1v) is 9.42. The summed E-state index contributed by atoms with van der Waals surface area (Å²) in [6.45, 7) is 5.32. The standard InChI is InChI=1S/C20H29ClN4O2/c1-5-22-20(25(3)15-18-12-17(21)14-24(18)2)23-13-16-6-8-19(9-7-16)27-11-10-26-4/h6-9,12,14H,5,10-11,13,15H2,1-4H3,(H,22,23). The quantitative estimate of drug-likeness (QED) is 0.404.